The van der Waals surface area contributed by atoms with Gasteiger partial charge in [-0.3, -0.25) is 0 Å². The zero-order valence-corrected chi connectivity index (χ0v) is 10.0. The van der Waals surface area contributed by atoms with E-state index >= 15 is 0 Å². The maximum absolute atomic E-state index is 5.99. The molecule has 1 unspecified atom stereocenters. The molecule has 0 aromatic carbocycles. The van der Waals surface area contributed by atoms with E-state index in [4.69, 9.17) is 17.3 Å². The van der Waals surface area contributed by atoms with Gasteiger partial charge in [0, 0.05) is 16.7 Å². The highest BCUT2D eigenvalue weighted by atomic mass is 35.5. The first-order chi connectivity index (χ1) is 6.25. The van der Waals surface area contributed by atoms with E-state index in [1.165, 1.54) is 12.2 Å². The van der Waals surface area contributed by atoms with Crippen molar-refractivity contribution in [3.63, 3.8) is 0 Å². The van der Waals surface area contributed by atoms with Gasteiger partial charge in [0.15, 0.2) is 0 Å². The standard InChI is InChI=1S/C9H14ClNS2/c1-2-4-12-6-8(11)9-7(10)3-5-13-9/h3,5,8H,2,4,6,11H2,1H3. The average molecular weight is 236 g/mol. The Balaban J connectivity index is 2.39. The van der Waals surface area contributed by atoms with Crippen LogP contribution in [0, 0.1) is 0 Å². The highest BCUT2D eigenvalue weighted by molar-refractivity contribution is 7.99. The van der Waals surface area contributed by atoms with Gasteiger partial charge in [0.1, 0.15) is 0 Å². The van der Waals surface area contributed by atoms with Crippen LogP contribution in [0.3, 0.4) is 0 Å². The van der Waals surface area contributed by atoms with E-state index in [-0.39, 0.29) is 6.04 Å². The summed E-state index contributed by atoms with van der Waals surface area (Å²) in [6.45, 7) is 2.18. The van der Waals surface area contributed by atoms with Gasteiger partial charge in [-0.25, -0.2) is 0 Å². The topological polar surface area (TPSA) is 26.0 Å². The number of rotatable bonds is 5. The smallest absolute Gasteiger partial charge is 0.0561 e. The zero-order valence-electron chi connectivity index (χ0n) is 7.63. The first kappa shape index (κ1) is 11.4. The molecule has 13 heavy (non-hydrogen) atoms. The van der Waals surface area contributed by atoms with E-state index in [2.05, 4.69) is 6.92 Å². The van der Waals surface area contributed by atoms with Crippen molar-refractivity contribution in [1.29, 1.82) is 0 Å². The Morgan fingerprint density at radius 1 is 1.69 bits per heavy atom. The van der Waals surface area contributed by atoms with Gasteiger partial charge in [-0.2, -0.15) is 11.8 Å². The van der Waals surface area contributed by atoms with Crippen molar-refractivity contribution in [3.8, 4) is 0 Å². The van der Waals surface area contributed by atoms with Gasteiger partial charge < -0.3 is 5.73 Å². The van der Waals surface area contributed by atoms with Crippen LogP contribution in [0.1, 0.15) is 24.3 Å². The van der Waals surface area contributed by atoms with Crippen molar-refractivity contribution in [1.82, 2.24) is 0 Å². The van der Waals surface area contributed by atoms with E-state index in [0.29, 0.717) is 0 Å². The summed E-state index contributed by atoms with van der Waals surface area (Å²) in [6, 6.07) is 2.01. The fourth-order valence-corrected chi connectivity index (χ4v) is 3.18. The molecule has 1 nitrogen and oxygen atoms in total. The third-order valence-electron chi connectivity index (χ3n) is 1.63. The molecule has 1 rings (SSSR count). The molecule has 0 amide bonds. The molecule has 1 aromatic heterocycles. The fourth-order valence-electron chi connectivity index (χ4n) is 1.00. The third-order valence-corrected chi connectivity index (χ3v) is 4.41. The van der Waals surface area contributed by atoms with Crippen LogP contribution < -0.4 is 5.73 Å². The van der Waals surface area contributed by atoms with Gasteiger partial charge in [-0.1, -0.05) is 18.5 Å². The van der Waals surface area contributed by atoms with Gasteiger partial charge in [0.2, 0.25) is 0 Å². The lowest BCUT2D eigenvalue weighted by Gasteiger charge is -2.09. The molecule has 0 spiro atoms. The first-order valence-electron chi connectivity index (χ1n) is 4.32. The lowest BCUT2D eigenvalue weighted by molar-refractivity contribution is 0.851. The number of halogens is 1. The maximum Gasteiger partial charge on any atom is 0.0561 e. The van der Waals surface area contributed by atoms with E-state index in [0.717, 1.165) is 15.7 Å². The molecule has 74 valence electrons. The van der Waals surface area contributed by atoms with Crippen molar-refractivity contribution >= 4 is 34.7 Å². The maximum atomic E-state index is 5.99. The Morgan fingerprint density at radius 2 is 2.46 bits per heavy atom. The van der Waals surface area contributed by atoms with Crippen LogP contribution in [-0.2, 0) is 0 Å². The molecule has 0 saturated carbocycles. The lowest BCUT2D eigenvalue weighted by atomic mass is 10.3. The molecule has 1 atom stereocenters. The van der Waals surface area contributed by atoms with E-state index in [1.54, 1.807) is 11.3 Å². The van der Waals surface area contributed by atoms with Crippen LogP contribution >= 0.6 is 34.7 Å². The van der Waals surface area contributed by atoms with Crippen LogP contribution in [0.5, 0.6) is 0 Å². The van der Waals surface area contributed by atoms with Crippen molar-refractivity contribution in [2.75, 3.05) is 11.5 Å². The highest BCUT2D eigenvalue weighted by Crippen LogP contribution is 2.29. The zero-order chi connectivity index (χ0) is 9.68. The monoisotopic (exact) mass is 235 g/mol. The summed E-state index contributed by atoms with van der Waals surface area (Å²) in [5, 5.41) is 2.80. The van der Waals surface area contributed by atoms with Gasteiger partial charge in [0.25, 0.3) is 0 Å². The number of nitrogens with two attached hydrogens (primary N) is 1. The Labute approximate surface area is 92.7 Å². The molecule has 0 radical (unpaired) electrons. The second kappa shape index (κ2) is 5.91. The molecule has 0 fully saturated rings. The summed E-state index contributed by atoms with van der Waals surface area (Å²) in [4.78, 5) is 1.12. The van der Waals surface area contributed by atoms with Crippen molar-refractivity contribution in [2.45, 2.75) is 19.4 Å². The van der Waals surface area contributed by atoms with Gasteiger partial charge >= 0.3 is 0 Å². The van der Waals surface area contributed by atoms with Crippen LogP contribution in [-0.4, -0.2) is 11.5 Å². The number of thioether (sulfide) groups is 1. The Morgan fingerprint density at radius 3 is 3.00 bits per heavy atom. The second-order valence-corrected chi connectivity index (χ2v) is 5.32. The number of hydrogen-bond donors (Lipinski definition) is 1. The molecule has 0 aliphatic carbocycles. The van der Waals surface area contributed by atoms with Gasteiger partial charge in [-0.15, -0.1) is 11.3 Å². The van der Waals surface area contributed by atoms with E-state index < -0.39 is 0 Å². The molecule has 0 saturated heterocycles. The quantitative estimate of drug-likeness (QED) is 0.790. The lowest BCUT2D eigenvalue weighted by Crippen LogP contribution is -2.12. The van der Waals surface area contributed by atoms with Crippen molar-refractivity contribution in [3.05, 3.63) is 21.3 Å². The molecular formula is C9H14ClNS2. The third kappa shape index (κ3) is 3.50. The summed E-state index contributed by atoms with van der Waals surface area (Å²) in [5.74, 6) is 2.14. The molecule has 2 N–H and O–H groups in total. The number of thiophene rings is 1. The van der Waals surface area contributed by atoms with Crippen LogP contribution in [0.25, 0.3) is 0 Å². The number of hydrogen-bond acceptors (Lipinski definition) is 3. The minimum Gasteiger partial charge on any atom is -0.323 e. The Hall–Kier alpha value is 0.300. The summed E-state index contributed by atoms with van der Waals surface area (Å²) < 4.78 is 0. The van der Waals surface area contributed by atoms with Crippen LogP contribution in [0.4, 0.5) is 0 Å². The highest BCUT2D eigenvalue weighted by Gasteiger charge is 2.10. The first-order valence-corrected chi connectivity index (χ1v) is 6.73. The predicted octanol–water partition coefficient (Wildman–Crippen LogP) is 3.54. The SMILES string of the molecule is CCCSCC(N)c1sccc1Cl. The molecule has 0 bridgehead atoms. The van der Waals surface area contributed by atoms with Gasteiger partial charge in [-0.05, 0) is 23.6 Å². The summed E-state index contributed by atoms with van der Waals surface area (Å²) in [6.07, 6.45) is 1.20. The predicted molar refractivity (Wildman–Crippen MR) is 63.9 cm³/mol. The van der Waals surface area contributed by atoms with E-state index in [1.807, 2.05) is 23.2 Å². The molecule has 0 aliphatic rings. The van der Waals surface area contributed by atoms with E-state index in [9.17, 15) is 0 Å². The fraction of sp³-hybridized carbons (Fsp3) is 0.556. The Bertz CT molecular complexity index is 250. The minimum atomic E-state index is 0.101. The molecule has 1 aromatic rings. The van der Waals surface area contributed by atoms with Crippen molar-refractivity contribution < 1.29 is 0 Å². The van der Waals surface area contributed by atoms with Crippen molar-refractivity contribution in [2.24, 2.45) is 5.73 Å². The Kier molecular flexibility index (Phi) is 5.17. The van der Waals surface area contributed by atoms with Crippen LogP contribution in [0.2, 0.25) is 5.02 Å². The molecule has 1 heterocycles. The second-order valence-electron chi connectivity index (χ2n) is 2.81. The largest absolute Gasteiger partial charge is 0.323 e. The summed E-state index contributed by atoms with van der Waals surface area (Å²) in [5.41, 5.74) is 5.99. The average Bonchev–Trinajstić information content (AvgIpc) is 2.52. The molecule has 0 aliphatic heterocycles. The van der Waals surface area contributed by atoms with Crippen LogP contribution in [0.15, 0.2) is 11.4 Å². The van der Waals surface area contributed by atoms with Gasteiger partial charge in [0.05, 0.1) is 5.02 Å². The molecular weight excluding hydrogens is 222 g/mol. The molecule has 4 heteroatoms. The summed E-state index contributed by atoms with van der Waals surface area (Å²) in [7, 11) is 0. The normalized spacial score (nSPS) is 13.2. The summed E-state index contributed by atoms with van der Waals surface area (Å²) >= 11 is 9.51. The minimum absolute atomic E-state index is 0.101.